The number of nitrogens with one attached hydrogen (secondary N) is 1. The average Bonchev–Trinajstić information content (AvgIpc) is 2.18. The Labute approximate surface area is 90.0 Å². The summed E-state index contributed by atoms with van der Waals surface area (Å²) in [4.78, 5) is 11.6. The van der Waals surface area contributed by atoms with Gasteiger partial charge in [-0.25, -0.2) is 0 Å². The van der Waals surface area contributed by atoms with Crippen molar-refractivity contribution in [3.8, 4) is 0 Å². The maximum absolute atomic E-state index is 11.6. The number of carbonyl (C=O) groups is 1. The highest BCUT2D eigenvalue weighted by Gasteiger charge is 2.03. The Morgan fingerprint density at radius 3 is 2.87 bits per heavy atom. The number of hydrogen-bond acceptors (Lipinski definition) is 2. The summed E-state index contributed by atoms with van der Waals surface area (Å²) in [6, 6.07) is 7.14. The summed E-state index contributed by atoms with van der Waals surface area (Å²) < 4.78 is 0. The van der Waals surface area contributed by atoms with Crippen LogP contribution in [0.25, 0.3) is 0 Å². The van der Waals surface area contributed by atoms with E-state index in [9.17, 15) is 4.79 Å². The smallest absolute Gasteiger partial charge is 0.250 e. The van der Waals surface area contributed by atoms with E-state index in [1.165, 1.54) is 0 Å². The molecule has 1 aromatic rings. The zero-order chi connectivity index (χ0) is 11.3. The van der Waals surface area contributed by atoms with Crippen molar-refractivity contribution < 1.29 is 4.79 Å². The monoisotopic (exact) mass is 204 g/mol. The third-order valence-corrected chi connectivity index (χ3v) is 2.01. The summed E-state index contributed by atoms with van der Waals surface area (Å²) in [5.74, 6) is -0.0811. The molecule has 80 valence electrons. The van der Waals surface area contributed by atoms with Gasteiger partial charge in [-0.1, -0.05) is 19.1 Å². The van der Waals surface area contributed by atoms with Gasteiger partial charge in [-0.15, -0.1) is 0 Å². The number of rotatable bonds is 3. The van der Waals surface area contributed by atoms with Crippen molar-refractivity contribution in [3.05, 3.63) is 35.9 Å². The molecule has 0 aromatic heterocycles. The van der Waals surface area contributed by atoms with Gasteiger partial charge in [0.2, 0.25) is 0 Å². The minimum Gasteiger partial charge on any atom is -0.399 e. The molecule has 1 amide bonds. The van der Waals surface area contributed by atoms with E-state index in [0.29, 0.717) is 5.69 Å². The molecule has 0 aliphatic heterocycles. The van der Waals surface area contributed by atoms with Crippen LogP contribution in [0.3, 0.4) is 0 Å². The van der Waals surface area contributed by atoms with Crippen LogP contribution in [0.2, 0.25) is 0 Å². The molecule has 0 spiro atoms. The van der Waals surface area contributed by atoms with Gasteiger partial charge in [-0.3, -0.25) is 4.79 Å². The molecule has 0 heterocycles. The lowest BCUT2D eigenvalue weighted by Gasteiger charge is -2.05. The zero-order valence-corrected chi connectivity index (χ0v) is 9.08. The second-order valence-corrected chi connectivity index (χ2v) is 3.37. The lowest BCUT2D eigenvalue weighted by atomic mass is 10.2. The number of hydrogen-bond donors (Lipinski definition) is 2. The first kappa shape index (κ1) is 11.3. The molecular weight excluding hydrogens is 188 g/mol. The van der Waals surface area contributed by atoms with Crippen LogP contribution in [-0.2, 0) is 4.79 Å². The van der Waals surface area contributed by atoms with Crippen LogP contribution in [0.1, 0.15) is 20.3 Å². The summed E-state index contributed by atoms with van der Waals surface area (Å²) in [6.45, 7) is 3.79. The van der Waals surface area contributed by atoms with Crippen molar-refractivity contribution in [1.29, 1.82) is 0 Å². The number of allylic oxidation sites excluding steroid dienone is 1. The summed E-state index contributed by atoms with van der Waals surface area (Å²) >= 11 is 0. The summed E-state index contributed by atoms with van der Waals surface area (Å²) in [7, 11) is 0. The number of carbonyl (C=O) groups excluding carboxylic acids is 1. The minimum absolute atomic E-state index is 0.0811. The Bertz CT molecular complexity index is 383. The second kappa shape index (κ2) is 5.20. The van der Waals surface area contributed by atoms with Crippen molar-refractivity contribution in [2.45, 2.75) is 20.3 Å². The molecule has 3 N–H and O–H groups in total. The largest absolute Gasteiger partial charge is 0.399 e. The van der Waals surface area contributed by atoms with Crippen molar-refractivity contribution in [2.24, 2.45) is 0 Å². The normalized spacial score (nSPS) is 11.2. The summed E-state index contributed by atoms with van der Waals surface area (Å²) in [6.07, 6.45) is 2.75. The topological polar surface area (TPSA) is 55.1 Å². The Kier molecular flexibility index (Phi) is 3.92. The van der Waals surface area contributed by atoms with Gasteiger partial charge >= 0.3 is 0 Å². The predicted octanol–water partition coefficient (Wildman–Crippen LogP) is 2.56. The average molecular weight is 204 g/mol. The molecule has 15 heavy (non-hydrogen) atoms. The third-order valence-electron chi connectivity index (χ3n) is 2.01. The molecule has 1 rings (SSSR count). The molecule has 0 unspecified atom stereocenters. The van der Waals surface area contributed by atoms with Crippen molar-refractivity contribution in [1.82, 2.24) is 0 Å². The van der Waals surface area contributed by atoms with Crippen LogP contribution < -0.4 is 11.1 Å². The first-order chi connectivity index (χ1) is 7.13. The van der Waals surface area contributed by atoms with E-state index in [1.807, 2.05) is 25.1 Å². The highest BCUT2D eigenvalue weighted by atomic mass is 16.1. The van der Waals surface area contributed by atoms with E-state index in [1.54, 1.807) is 19.1 Å². The molecule has 0 saturated heterocycles. The Morgan fingerprint density at radius 2 is 2.27 bits per heavy atom. The molecule has 0 aliphatic carbocycles. The standard InChI is InChI=1S/C12H16N2O/c1-3-5-9(2)12(15)14-11-7-4-6-10(13)8-11/h4-8H,3,13H2,1-2H3,(H,14,15)/b9-5-. The fraction of sp³-hybridized carbons (Fsp3) is 0.250. The van der Waals surface area contributed by atoms with E-state index in [-0.39, 0.29) is 5.91 Å². The minimum atomic E-state index is -0.0811. The van der Waals surface area contributed by atoms with Gasteiger partial charge in [0.1, 0.15) is 0 Å². The number of nitrogens with two attached hydrogens (primary N) is 1. The van der Waals surface area contributed by atoms with Gasteiger partial charge in [0, 0.05) is 16.9 Å². The van der Waals surface area contributed by atoms with E-state index < -0.39 is 0 Å². The van der Waals surface area contributed by atoms with E-state index in [2.05, 4.69) is 5.32 Å². The highest BCUT2D eigenvalue weighted by molar-refractivity contribution is 6.03. The lowest BCUT2D eigenvalue weighted by molar-refractivity contribution is -0.112. The molecule has 3 nitrogen and oxygen atoms in total. The molecule has 0 fully saturated rings. The molecule has 0 atom stereocenters. The third kappa shape index (κ3) is 3.46. The predicted molar refractivity (Wildman–Crippen MR) is 63.5 cm³/mol. The van der Waals surface area contributed by atoms with Gasteiger partial charge in [0.15, 0.2) is 0 Å². The maximum Gasteiger partial charge on any atom is 0.250 e. The van der Waals surface area contributed by atoms with Crippen LogP contribution in [0, 0.1) is 0 Å². The van der Waals surface area contributed by atoms with Gasteiger partial charge in [0.25, 0.3) is 5.91 Å². The maximum atomic E-state index is 11.6. The van der Waals surface area contributed by atoms with Crippen LogP contribution in [-0.4, -0.2) is 5.91 Å². The van der Waals surface area contributed by atoms with Gasteiger partial charge in [-0.2, -0.15) is 0 Å². The van der Waals surface area contributed by atoms with Crippen LogP contribution >= 0.6 is 0 Å². The number of anilines is 2. The quantitative estimate of drug-likeness (QED) is 0.587. The van der Waals surface area contributed by atoms with E-state index in [0.717, 1.165) is 17.7 Å². The van der Waals surface area contributed by atoms with Crippen molar-refractivity contribution in [2.75, 3.05) is 11.1 Å². The molecule has 0 aliphatic rings. The molecule has 1 aromatic carbocycles. The Hall–Kier alpha value is -1.77. The number of nitrogen functional groups attached to an aromatic ring is 1. The van der Waals surface area contributed by atoms with Crippen LogP contribution in [0.4, 0.5) is 11.4 Å². The number of amides is 1. The second-order valence-electron chi connectivity index (χ2n) is 3.37. The fourth-order valence-corrected chi connectivity index (χ4v) is 1.24. The van der Waals surface area contributed by atoms with Crippen molar-refractivity contribution >= 4 is 17.3 Å². The molecule has 3 heteroatoms. The van der Waals surface area contributed by atoms with Gasteiger partial charge in [-0.05, 0) is 31.5 Å². The van der Waals surface area contributed by atoms with E-state index >= 15 is 0 Å². The van der Waals surface area contributed by atoms with Crippen LogP contribution in [0.5, 0.6) is 0 Å². The highest BCUT2D eigenvalue weighted by Crippen LogP contribution is 2.12. The lowest BCUT2D eigenvalue weighted by Crippen LogP contribution is -2.12. The first-order valence-corrected chi connectivity index (χ1v) is 4.97. The Morgan fingerprint density at radius 1 is 1.53 bits per heavy atom. The molecular formula is C12H16N2O. The Balaban J connectivity index is 2.70. The fourth-order valence-electron chi connectivity index (χ4n) is 1.24. The number of benzene rings is 1. The summed E-state index contributed by atoms with van der Waals surface area (Å²) in [5, 5.41) is 2.78. The van der Waals surface area contributed by atoms with Crippen LogP contribution in [0.15, 0.2) is 35.9 Å². The summed E-state index contributed by atoms with van der Waals surface area (Å²) in [5.41, 5.74) is 7.69. The molecule has 0 saturated carbocycles. The first-order valence-electron chi connectivity index (χ1n) is 4.97. The SMILES string of the molecule is CC/C=C(/C)C(=O)Nc1cccc(N)c1. The molecule has 0 radical (unpaired) electrons. The molecule has 0 bridgehead atoms. The van der Waals surface area contributed by atoms with E-state index in [4.69, 9.17) is 5.73 Å². The van der Waals surface area contributed by atoms with Crippen molar-refractivity contribution in [3.63, 3.8) is 0 Å². The van der Waals surface area contributed by atoms with Gasteiger partial charge in [0.05, 0.1) is 0 Å². The zero-order valence-electron chi connectivity index (χ0n) is 9.08. The van der Waals surface area contributed by atoms with Gasteiger partial charge < -0.3 is 11.1 Å².